The Bertz CT molecular complexity index is 1150. The number of anilines is 1. The van der Waals surface area contributed by atoms with E-state index < -0.39 is 0 Å². The molecule has 142 valence electrons. The summed E-state index contributed by atoms with van der Waals surface area (Å²) in [6, 6.07) is 20.7. The standard InChI is InChI=1S/C23H18N4O2/c28-23(27-15-5-8-19-20(27)9-4-14-24-19)18-12-10-17(11-13-18)22-26-25-21(29-22)16-6-2-1-3-7-16/h1-4,6-7,9-14H,5,8,15H2. The SMILES string of the molecule is O=C(c1ccc(-c2nnc(-c3ccccc3)o2)cc1)N1CCCc2ncccc21. The van der Waals surface area contributed by atoms with E-state index in [0.29, 0.717) is 23.9 Å². The molecule has 0 aliphatic carbocycles. The van der Waals surface area contributed by atoms with Crippen molar-refractivity contribution in [1.29, 1.82) is 0 Å². The smallest absolute Gasteiger partial charge is 0.258 e. The lowest BCUT2D eigenvalue weighted by Gasteiger charge is -2.28. The molecule has 2 aromatic heterocycles. The molecule has 5 rings (SSSR count). The van der Waals surface area contributed by atoms with Crippen LogP contribution in [0.5, 0.6) is 0 Å². The second-order valence-corrected chi connectivity index (χ2v) is 6.89. The second kappa shape index (κ2) is 7.31. The Balaban J connectivity index is 1.39. The van der Waals surface area contributed by atoms with Crippen molar-refractivity contribution >= 4 is 11.6 Å². The molecule has 2 aromatic carbocycles. The number of hydrogen-bond acceptors (Lipinski definition) is 5. The second-order valence-electron chi connectivity index (χ2n) is 6.89. The summed E-state index contributed by atoms with van der Waals surface area (Å²) in [5, 5.41) is 8.26. The van der Waals surface area contributed by atoms with Crippen LogP contribution in [0.1, 0.15) is 22.5 Å². The molecule has 0 atom stereocenters. The van der Waals surface area contributed by atoms with Gasteiger partial charge in [0.1, 0.15) is 0 Å². The van der Waals surface area contributed by atoms with Crippen molar-refractivity contribution in [2.75, 3.05) is 11.4 Å². The van der Waals surface area contributed by atoms with Gasteiger partial charge in [0.25, 0.3) is 5.91 Å². The molecule has 0 unspecified atom stereocenters. The van der Waals surface area contributed by atoms with Crippen LogP contribution in [0.15, 0.2) is 77.3 Å². The first-order valence-electron chi connectivity index (χ1n) is 9.55. The molecule has 1 aliphatic heterocycles. The van der Waals surface area contributed by atoms with Gasteiger partial charge in [-0.15, -0.1) is 10.2 Å². The largest absolute Gasteiger partial charge is 0.416 e. The minimum absolute atomic E-state index is 0.0268. The van der Waals surface area contributed by atoms with E-state index in [4.69, 9.17) is 4.42 Å². The van der Waals surface area contributed by atoms with Crippen LogP contribution in [0.3, 0.4) is 0 Å². The van der Waals surface area contributed by atoms with Crippen molar-refractivity contribution in [3.05, 3.63) is 84.2 Å². The summed E-state index contributed by atoms with van der Waals surface area (Å²) in [4.78, 5) is 19.3. The van der Waals surface area contributed by atoms with Crippen LogP contribution in [-0.2, 0) is 6.42 Å². The summed E-state index contributed by atoms with van der Waals surface area (Å²) in [6.07, 6.45) is 3.59. The lowest BCUT2D eigenvalue weighted by Crippen LogP contribution is -2.35. The normalized spacial score (nSPS) is 13.2. The zero-order chi connectivity index (χ0) is 19.6. The lowest BCUT2D eigenvalue weighted by atomic mass is 10.0. The van der Waals surface area contributed by atoms with Crippen molar-refractivity contribution < 1.29 is 9.21 Å². The van der Waals surface area contributed by atoms with Gasteiger partial charge in [-0.25, -0.2) is 0 Å². The van der Waals surface area contributed by atoms with Crippen LogP contribution in [0.4, 0.5) is 5.69 Å². The third-order valence-corrected chi connectivity index (χ3v) is 5.02. The third kappa shape index (κ3) is 3.29. The fourth-order valence-corrected chi connectivity index (χ4v) is 3.55. The molecule has 4 aromatic rings. The minimum Gasteiger partial charge on any atom is -0.416 e. The van der Waals surface area contributed by atoms with Crippen molar-refractivity contribution in [3.63, 3.8) is 0 Å². The number of carbonyl (C=O) groups excluding carboxylic acids is 1. The maximum atomic E-state index is 13.0. The van der Waals surface area contributed by atoms with E-state index in [1.165, 1.54) is 0 Å². The number of fused-ring (bicyclic) bond motifs is 1. The summed E-state index contributed by atoms with van der Waals surface area (Å²) >= 11 is 0. The fourth-order valence-electron chi connectivity index (χ4n) is 3.55. The highest BCUT2D eigenvalue weighted by molar-refractivity contribution is 6.06. The van der Waals surface area contributed by atoms with Crippen molar-refractivity contribution in [1.82, 2.24) is 15.2 Å². The van der Waals surface area contributed by atoms with E-state index in [0.717, 1.165) is 35.3 Å². The maximum absolute atomic E-state index is 13.0. The third-order valence-electron chi connectivity index (χ3n) is 5.02. The Kier molecular flexibility index (Phi) is 4.37. The zero-order valence-corrected chi connectivity index (χ0v) is 15.7. The first-order valence-corrected chi connectivity index (χ1v) is 9.55. The molecule has 0 radical (unpaired) electrons. The molecule has 3 heterocycles. The molecule has 6 nitrogen and oxygen atoms in total. The summed E-state index contributed by atoms with van der Waals surface area (Å²) in [5.74, 6) is 0.870. The van der Waals surface area contributed by atoms with Crippen LogP contribution in [0, 0.1) is 0 Å². The molecule has 6 heteroatoms. The molecular weight excluding hydrogens is 364 g/mol. The molecule has 1 amide bonds. The van der Waals surface area contributed by atoms with Crippen molar-refractivity contribution in [2.45, 2.75) is 12.8 Å². The Labute approximate surface area is 167 Å². The van der Waals surface area contributed by atoms with Gasteiger partial charge in [0.05, 0.1) is 11.4 Å². The molecule has 1 aliphatic rings. The summed E-state index contributed by atoms with van der Waals surface area (Å²) in [5.41, 5.74) is 4.14. The molecular formula is C23H18N4O2. The first kappa shape index (κ1) is 17.3. The minimum atomic E-state index is -0.0268. The highest BCUT2D eigenvalue weighted by atomic mass is 16.4. The molecule has 29 heavy (non-hydrogen) atoms. The predicted octanol–water partition coefficient (Wildman–Crippen LogP) is 4.39. The number of pyridine rings is 1. The Morgan fingerprint density at radius 2 is 1.59 bits per heavy atom. The number of nitrogens with zero attached hydrogens (tertiary/aromatic N) is 4. The number of aryl methyl sites for hydroxylation is 1. The van der Waals surface area contributed by atoms with Gasteiger partial charge >= 0.3 is 0 Å². The lowest BCUT2D eigenvalue weighted by molar-refractivity contribution is 0.0985. The summed E-state index contributed by atoms with van der Waals surface area (Å²) in [6.45, 7) is 0.698. The van der Waals surface area contributed by atoms with Crippen LogP contribution in [0.25, 0.3) is 22.9 Å². The quantitative estimate of drug-likeness (QED) is 0.525. The summed E-state index contributed by atoms with van der Waals surface area (Å²) < 4.78 is 5.79. The van der Waals surface area contributed by atoms with E-state index in [1.807, 2.05) is 54.6 Å². The van der Waals surface area contributed by atoms with Gasteiger partial charge in [0, 0.05) is 29.4 Å². The van der Waals surface area contributed by atoms with Gasteiger partial charge in [-0.1, -0.05) is 18.2 Å². The monoisotopic (exact) mass is 382 g/mol. The Morgan fingerprint density at radius 3 is 2.34 bits per heavy atom. The molecule has 0 saturated carbocycles. The maximum Gasteiger partial charge on any atom is 0.258 e. The number of benzene rings is 2. The van der Waals surface area contributed by atoms with Gasteiger partial charge in [0.2, 0.25) is 11.8 Å². The van der Waals surface area contributed by atoms with Crippen LogP contribution >= 0.6 is 0 Å². The molecule has 0 bridgehead atoms. The zero-order valence-electron chi connectivity index (χ0n) is 15.7. The number of carbonyl (C=O) groups is 1. The molecule has 0 spiro atoms. The van der Waals surface area contributed by atoms with Crippen LogP contribution < -0.4 is 4.90 Å². The average molecular weight is 382 g/mol. The molecule has 0 saturated heterocycles. The van der Waals surface area contributed by atoms with Crippen molar-refractivity contribution in [3.8, 4) is 22.9 Å². The van der Waals surface area contributed by atoms with Gasteiger partial charge in [-0.3, -0.25) is 9.78 Å². The fraction of sp³-hybridized carbons (Fsp3) is 0.130. The van der Waals surface area contributed by atoms with Crippen LogP contribution in [0.2, 0.25) is 0 Å². The molecule has 0 fully saturated rings. The van der Waals surface area contributed by atoms with E-state index in [-0.39, 0.29) is 5.91 Å². The highest BCUT2D eigenvalue weighted by Gasteiger charge is 2.24. The highest BCUT2D eigenvalue weighted by Crippen LogP contribution is 2.28. The van der Waals surface area contributed by atoms with Gasteiger partial charge < -0.3 is 9.32 Å². The van der Waals surface area contributed by atoms with Gasteiger partial charge in [-0.2, -0.15) is 0 Å². The van der Waals surface area contributed by atoms with E-state index >= 15 is 0 Å². The van der Waals surface area contributed by atoms with E-state index in [9.17, 15) is 4.79 Å². The summed E-state index contributed by atoms with van der Waals surface area (Å²) in [7, 11) is 0. The number of aromatic nitrogens is 3. The average Bonchev–Trinajstić information content (AvgIpc) is 3.29. The predicted molar refractivity (Wildman–Crippen MR) is 109 cm³/mol. The molecule has 0 N–H and O–H groups in total. The number of hydrogen-bond donors (Lipinski definition) is 0. The van der Waals surface area contributed by atoms with Gasteiger partial charge in [0.15, 0.2) is 0 Å². The van der Waals surface area contributed by atoms with Crippen LogP contribution in [-0.4, -0.2) is 27.6 Å². The number of amides is 1. The van der Waals surface area contributed by atoms with Gasteiger partial charge in [-0.05, 0) is 61.4 Å². The Morgan fingerprint density at radius 1 is 0.862 bits per heavy atom. The van der Waals surface area contributed by atoms with Crippen molar-refractivity contribution in [2.24, 2.45) is 0 Å². The number of rotatable bonds is 3. The van der Waals surface area contributed by atoms with E-state index in [1.54, 1.807) is 23.2 Å². The topological polar surface area (TPSA) is 72.1 Å². The van der Waals surface area contributed by atoms with E-state index in [2.05, 4.69) is 15.2 Å². The first-order chi connectivity index (χ1) is 14.3. The Hall–Kier alpha value is -3.80.